The second-order valence-electron chi connectivity index (χ2n) is 9.87. The number of hydrogen-bond donors (Lipinski definition) is 0. The Hall–Kier alpha value is -2.69. The molecule has 0 aliphatic carbocycles. The maximum atomic E-state index is 5.99. The van der Waals surface area contributed by atoms with Gasteiger partial charge in [-0.25, -0.2) is 0 Å². The molecule has 1 saturated heterocycles. The number of nitrogens with zero attached hydrogens (tertiary/aromatic N) is 2. The summed E-state index contributed by atoms with van der Waals surface area (Å²) in [7, 11) is 1.71. The Morgan fingerprint density at radius 1 is 0.943 bits per heavy atom. The highest BCUT2D eigenvalue weighted by Gasteiger charge is 2.24. The highest BCUT2D eigenvalue weighted by atomic mass is 16.5. The Balaban J connectivity index is 1.78. The van der Waals surface area contributed by atoms with Crippen molar-refractivity contribution in [3.63, 3.8) is 0 Å². The van der Waals surface area contributed by atoms with Gasteiger partial charge in [-0.3, -0.25) is 9.88 Å². The zero-order valence-corrected chi connectivity index (χ0v) is 22.2. The summed E-state index contributed by atoms with van der Waals surface area (Å²) in [6.45, 7) is 13.8. The van der Waals surface area contributed by atoms with Crippen LogP contribution in [0.3, 0.4) is 0 Å². The van der Waals surface area contributed by atoms with Gasteiger partial charge in [-0.1, -0.05) is 44.2 Å². The van der Waals surface area contributed by atoms with Crippen LogP contribution in [0.1, 0.15) is 61.2 Å². The molecule has 3 aromatic rings. The van der Waals surface area contributed by atoms with Gasteiger partial charge in [0.2, 0.25) is 0 Å². The molecular weight excluding hydrogens is 432 g/mol. The average molecular weight is 473 g/mol. The first kappa shape index (κ1) is 25.4. The minimum atomic E-state index is 0.250. The molecule has 4 rings (SSSR count). The topological polar surface area (TPSA) is 34.6 Å². The lowest BCUT2D eigenvalue weighted by atomic mass is 9.91. The standard InChI is InChI=1S/C31H40N2O2/c1-7-25-10-9-11-26(8-2)31(25)30-17-27(16-24-12-14-28(34-6)15-13-24)29(23(5)32-30)20-33-18-21(3)35-22(4)19-33/h9-15,17,21-22H,7-8,16,18-20H2,1-6H3/t21-,22-/m1/s1. The van der Waals surface area contributed by atoms with Crippen molar-refractivity contribution in [1.29, 1.82) is 0 Å². The molecular formula is C31H40N2O2. The molecule has 0 N–H and O–H groups in total. The largest absolute Gasteiger partial charge is 0.497 e. The highest BCUT2D eigenvalue weighted by molar-refractivity contribution is 5.69. The van der Waals surface area contributed by atoms with Gasteiger partial charge in [0.15, 0.2) is 0 Å². The lowest BCUT2D eigenvalue weighted by Gasteiger charge is -2.36. The lowest BCUT2D eigenvalue weighted by Crippen LogP contribution is -2.45. The van der Waals surface area contributed by atoms with Gasteiger partial charge in [-0.15, -0.1) is 0 Å². The van der Waals surface area contributed by atoms with Crippen molar-refractivity contribution in [2.45, 2.75) is 72.6 Å². The summed E-state index contributed by atoms with van der Waals surface area (Å²) >= 11 is 0. The van der Waals surface area contributed by atoms with Gasteiger partial charge in [0.1, 0.15) is 5.75 Å². The Morgan fingerprint density at radius 3 is 2.14 bits per heavy atom. The fraction of sp³-hybridized carbons (Fsp3) is 0.452. The van der Waals surface area contributed by atoms with E-state index in [1.807, 2.05) is 0 Å². The number of rotatable bonds is 8. The van der Waals surface area contributed by atoms with Crippen molar-refractivity contribution in [3.8, 4) is 17.0 Å². The number of methoxy groups -OCH3 is 1. The number of aromatic nitrogens is 1. The smallest absolute Gasteiger partial charge is 0.118 e. The lowest BCUT2D eigenvalue weighted by molar-refractivity contribution is -0.0706. The summed E-state index contributed by atoms with van der Waals surface area (Å²) in [5.41, 5.74) is 10.3. The molecule has 35 heavy (non-hydrogen) atoms. The van der Waals surface area contributed by atoms with Crippen LogP contribution in [0.15, 0.2) is 48.5 Å². The van der Waals surface area contributed by atoms with E-state index < -0.39 is 0 Å². The van der Waals surface area contributed by atoms with Crippen molar-refractivity contribution in [2.75, 3.05) is 20.2 Å². The van der Waals surface area contributed by atoms with Gasteiger partial charge in [0.25, 0.3) is 0 Å². The molecule has 1 aromatic heterocycles. The third kappa shape index (κ3) is 5.94. The highest BCUT2D eigenvalue weighted by Crippen LogP contribution is 2.32. The van der Waals surface area contributed by atoms with Gasteiger partial charge in [0, 0.05) is 30.9 Å². The normalized spacial score (nSPS) is 18.6. The summed E-state index contributed by atoms with van der Waals surface area (Å²) < 4.78 is 11.4. The molecule has 0 saturated carbocycles. The monoisotopic (exact) mass is 472 g/mol. The first-order valence-electron chi connectivity index (χ1n) is 13.0. The number of benzene rings is 2. The predicted molar refractivity (Wildman–Crippen MR) is 144 cm³/mol. The molecule has 1 aliphatic heterocycles. The summed E-state index contributed by atoms with van der Waals surface area (Å²) in [5, 5.41) is 0. The molecule has 1 fully saturated rings. The fourth-order valence-corrected chi connectivity index (χ4v) is 5.44. The van der Waals surface area contributed by atoms with E-state index in [0.717, 1.165) is 56.0 Å². The minimum absolute atomic E-state index is 0.250. The van der Waals surface area contributed by atoms with Gasteiger partial charge in [-0.2, -0.15) is 0 Å². The first-order valence-corrected chi connectivity index (χ1v) is 13.0. The summed E-state index contributed by atoms with van der Waals surface area (Å²) in [4.78, 5) is 7.74. The Bertz CT molecular complexity index is 1110. The molecule has 4 nitrogen and oxygen atoms in total. The number of morpholine rings is 1. The minimum Gasteiger partial charge on any atom is -0.497 e. The second-order valence-corrected chi connectivity index (χ2v) is 9.87. The summed E-state index contributed by atoms with van der Waals surface area (Å²) in [5.74, 6) is 0.890. The van der Waals surface area contributed by atoms with Gasteiger partial charge in [0.05, 0.1) is 25.0 Å². The third-order valence-corrected chi connectivity index (χ3v) is 7.11. The summed E-state index contributed by atoms with van der Waals surface area (Å²) in [6, 6.07) is 17.5. The first-order chi connectivity index (χ1) is 16.9. The van der Waals surface area contributed by atoms with Crippen molar-refractivity contribution < 1.29 is 9.47 Å². The number of pyridine rings is 1. The maximum absolute atomic E-state index is 5.99. The molecule has 0 radical (unpaired) electrons. The van der Waals surface area contributed by atoms with Crippen LogP contribution in [0.2, 0.25) is 0 Å². The Kier molecular flexibility index (Phi) is 8.25. The Morgan fingerprint density at radius 2 is 1.57 bits per heavy atom. The predicted octanol–water partition coefficient (Wildman–Crippen LogP) is 6.39. The Labute approximate surface area is 211 Å². The van der Waals surface area contributed by atoms with Crippen LogP contribution in [-0.2, 0) is 30.5 Å². The molecule has 2 heterocycles. The zero-order chi connectivity index (χ0) is 24.9. The number of ether oxygens (including phenoxy) is 2. The third-order valence-electron chi connectivity index (χ3n) is 7.11. The maximum Gasteiger partial charge on any atom is 0.118 e. The quantitative estimate of drug-likeness (QED) is 0.380. The number of hydrogen-bond acceptors (Lipinski definition) is 4. The van der Waals surface area contributed by atoms with E-state index in [9.17, 15) is 0 Å². The van der Waals surface area contributed by atoms with E-state index >= 15 is 0 Å². The van der Waals surface area contributed by atoms with E-state index in [-0.39, 0.29) is 12.2 Å². The molecule has 2 aromatic carbocycles. The molecule has 4 heteroatoms. The SMILES string of the molecule is CCc1cccc(CC)c1-c1cc(Cc2ccc(OC)cc2)c(CN2C[C@@H](C)O[C@H](C)C2)c(C)n1. The van der Waals surface area contributed by atoms with Crippen LogP contribution in [0.5, 0.6) is 5.75 Å². The van der Waals surface area contributed by atoms with E-state index in [0.29, 0.717) is 0 Å². The molecule has 2 atom stereocenters. The zero-order valence-electron chi connectivity index (χ0n) is 22.2. The van der Waals surface area contributed by atoms with Crippen molar-refractivity contribution in [1.82, 2.24) is 9.88 Å². The van der Waals surface area contributed by atoms with Crippen LogP contribution in [0.4, 0.5) is 0 Å². The van der Waals surface area contributed by atoms with E-state index in [1.165, 1.54) is 33.4 Å². The number of aryl methyl sites for hydroxylation is 3. The average Bonchev–Trinajstić information content (AvgIpc) is 2.85. The summed E-state index contributed by atoms with van der Waals surface area (Å²) in [6.07, 6.45) is 3.38. The molecule has 0 bridgehead atoms. The molecule has 0 unspecified atom stereocenters. The van der Waals surface area contributed by atoms with Crippen LogP contribution in [-0.4, -0.2) is 42.3 Å². The van der Waals surface area contributed by atoms with Crippen molar-refractivity contribution in [3.05, 3.63) is 82.0 Å². The van der Waals surface area contributed by atoms with Crippen LogP contribution in [0, 0.1) is 6.92 Å². The van der Waals surface area contributed by atoms with Crippen molar-refractivity contribution >= 4 is 0 Å². The molecule has 0 spiro atoms. The molecule has 0 amide bonds. The molecule has 1 aliphatic rings. The van der Waals surface area contributed by atoms with Gasteiger partial charge in [-0.05, 0) is 86.1 Å². The van der Waals surface area contributed by atoms with E-state index in [4.69, 9.17) is 14.5 Å². The second kappa shape index (κ2) is 11.4. The van der Waals surface area contributed by atoms with Crippen LogP contribution >= 0.6 is 0 Å². The van der Waals surface area contributed by atoms with Crippen LogP contribution < -0.4 is 4.74 Å². The van der Waals surface area contributed by atoms with Gasteiger partial charge >= 0.3 is 0 Å². The van der Waals surface area contributed by atoms with Gasteiger partial charge < -0.3 is 9.47 Å². The van der Waals surface area contributed by atoms with Crippen molar-refractivity contribution in [2.24, 2.45) is 0 Å². The fourth-order valence-electron chi connectivity index (χ4n) is 5.44. The van der Waals surface area contributed by atoms with E-state index in [1.54, 1.807) is 7.11 Å². The van der Waals surface area contributed by atoms with Crippen LogP contribution in [0.25, 0.3) is 11.3 Å². The van der Waals surface area contributed by atoms with E-state index in [2.05, 4.69) is 88.0 Å². The molecule has 186 valence electrons.